The first kappa shape index (κ1) is 8.99. The fourth-order valence-corrected chi connectivity index (χ4v) is 0.573. The predicted octanol–water partition coefficient (Wildman–Crippen LogP) is 1.73. The van der Waals surface area contributed by atoms with Gasteiger partial charge < -0.3 is 4.90 Å². The van der Waals surface area contributed by atoms with Gasteiger partial charge in [-0.15, -0.1) is 11.6 Å². The third-order valence-electron chi connectivity index (χ3n) is 1.21. The Morgan fingerprint density at radius 2 is 2.11 bits per heavy atom. The Kier molecular flexibility index (Phi) is 6.11. The maximum atomic E-state index is 5.42. The van der Waals surface area contributed by atoms with E-state index in [1.54, 1.807) is 0 Å². The van der Waals surface area contributed by atoms with Crippen molar-refractivity contribution in [2.75, 3.05) is 26.0 Å². The van der Waals surface area contributed by atoms with Gasteiger partial charge in [0.1, 0.15) is 0 Å². The molecule has 0 rings (SSSR count). The second kappa shape index (κ2) is 6.12. The summed E-state index contributed by atoms with van der Waals surface area (Å²) in [6.45, 7) is 4.23. The van der Waals surface area contributed by atoms with Crippen molar-refractivity contribution >= 4 is 11.6 Å². The fraction of sp³-hybridized carbons (Fsp3) is 0.714. The Morgan fingerprint density at radius 1 is 1.44 bits per heavy atom. The lowest BCUT2D eigenvalue weighted by molar-refractivity contribution is 0.392. The summed E-state index contributed by atoms with van der Waals surface area (Å²) in [5.74, 6) is 0.623. The minimum Gasteiger partial charge on any atom is -0.303 e. The van der Waals surface area contributed by atoms with Gasteiger partial charge in [-0.3, -0.25) is 0 Å². The largest absolute Gasteiger partial charge is 0.303 e. The number of hydrogen-bond donors (Lipinski definition) is 0. The molecular weight excluding hydrogens is 134 g/mol. The van der Waals surface area contributed by atoms with Crippen LogP contribution in [-0.2, 0) is 0 Å². The molecule has 1 nitrogen and oxygen atoms in total. The number of rotatable bonds is 4. The third kappa shape index (κ3) is 5.87. The van der Waals surface area contributed by atoms with Gasteiger partial charge in [0.15, 0.2) is 0 Å². The second-order valence-electron chi connectivity index (χ2n) is 1.98. The van der Waals surface area contributed by atoms with E-state index in [-0.39, 0.29) is 0 Å². The van der Waals surface area contributed by atoms with Crippen molar-refractivity contribution in [2.45, 2.75) is 6.92 Å². The van der Waals surface area contributed by atoms with Gasteiger partial charge >= 0.3 is 0 Å². The highest BCUT2D eigenvalue weighted by molar-refractivity contribution is 6.18. The number of hydrogen-bond acceptors (Lipinski definition) is 1. The molecule has 0 atom stereocenters. The molecule has 0 aromatic rings. The van der Waals surface area contributed by atoms with Gasteiger partial charge in [-0.2, -0.15) is 0 Å². The summed E-state index contributed by atoms with van der Waals surface area (Å²) in [6.07, 6.45) is 4.05. The van der Waals surface area contributed by atoms with Crippen LogP contribution in [0, 0.1) is 0 Å². The average molecular weight is 148 g/mol. The first-order valence-electron chi connectivity index (χ1n) is 3.20. The summed E-state index contributed by atoms with van der Waals surface area (Å²) in [6, 6.07) is 0. The quantitative estimate of drug-likeness (QED) is 0.433. The molecule has 0 spiro atoms. The van der Waals surface area contributed by atoms with Crippen molar-refractivity contribution < 1.29 is 0 Å². The molecule has 0 aliphatic rings. The molecule has 0 aromatic heterocycles. The van der Waals surface area contributed by atoms with Crippen LogP contribution < -0.4 is 0 Å². The van der Waals surface area contributed by atoms with Crippen LogP contribution in [0.5, 0.6) is 0 Å². The summed E-state index contributed by atoms with van der Waals surface area (Å²) in [4.78, 5) is 2.21. The van der Waals surface area contributed by atoms with Crippen LogP contribution in [-0.4, -0.2) is 30.9 Å². The summed E-state index contributed by atoms with van der Waals surface area (Å²) < 4.78 is 0. The standard InChI is InChI=1S/C7H14ClN/c1-3-9(2)7-5-4-6-8/h4-5H,3,6-7H2,1-2H3. The molecule has 0 saturated heterocycles. The van der Waals surface area contributed by atoms with E-state index in [0.717, 1.165) is 13.1 Å². The molecule has 0 saturated carbocycles. The van der Waals surface area contributed by atoms with Gasteiger partial charge in [0.25, 0.3) is 0 Å². The van der Waals surface area contributed by atoms with Crippen molar-refractivity contribution in [1.82, 2.24) is 4.90 Å². The number of nitrogens with zero attached hydrogens (tertiary/aromatic N) is 1. The van der Waals surface area contributed by atoms with Gasteiger partial charge in [0, 0.05) is 12.4 Å². The van der Waals surface area contributed by atoms with Crippen LogP contribution >= 0.6 is 11.6 Å². The van der Waals surface area contributed by atoms with Crippen LogP contribution in [0.4, 0.5) is 0 Å². The molecule has 0 aliphatic heterocycles. The Bertz CT molecular complexity index is 81.0. The molecule has 9 heavy (non-hydrogen) atoms. The molecule has 0 amide bonds. The fourth-order valence-electron chi connectivity index (χ4n) is 0.447. The Labute approximate surface area is 62.3 Å². The van der Waals surface area contributed by atoms with Crippen LogP contribution in [0.3, 0.4) is 0 Å². The Balaban J connectivity index is 3.15. The summed E-state index contributed by atoms with van der Waals surface area (Å²) in [5.41, 5.74) is 0. The average Bonchev–Trinajstić information content (AvgIpc) is 1.89. The van der Waals surface area contributed by atoms with E-state index >= 15 is 0 Å². The molecule has 0 aliphatic carbocycles. The van der Waals surface area contributed by atoms with Gasteiger partial charge in [-0.05, 0) is 13.6 Å². The summed E-state index contributed by atoms with van der Waals surface area (Å²) in [7, 11) is 2.08. The molecule has 0 N–H and O–H groups in total. The Morgan fingerprint density at radius 3 is 2.56 bits per heavy atom. The van der Waals surface area contributed by atoms with E-state index < -0.39 is 0 Å². The lowest BCUT2D eigenvalue weighted by atomic mass is 10.5. The molecule has 0 unspecified atom stereocenters. The zero-order chi connectivity index (χ0) is 7.11. The predicted molar refractivity (Wildman–Crippen MR) is 43.0 cm³/mol. The number of alkyl halides is 1. The van der Waals surface area contributed by atoms with Gasteiger partial charge in [0.2, 0.25) is 0 Å². The minimum atomic E-state index is 0.623. The van der Waals surface area contributed by atoms with E-state index in [1.165, 1.54) is 0 Å². The van der Waals surface area contributed by atoms with Crippen molar-refractivity contribution in [1.29, 1.82) is 0 Å². The first-order chi connectivity index (χ1) is 4.31. The van der Waals surface area contributed by atoms with E-state index in [0.29, 0.717) is 5.88 Å². The van der Waals surface area contributed by atoms with Crippen LogP contribution in [0.15, 0.2) is 12.2 Å². The topological polar surface area (TPSA) is 3.24 Å². The monoisotopic (exact) mass is 147 g/mol. The zero-order valence-corrected chi connectivity index (χ0v) is 6.86. The normalized spacial score (nSPS) is 11.6. The minimum absolute atomic E-state index is 0.623. The molecular formula is C7H14ClN. The van der Waals surface area contributed by atoms with E-state index in [2.05, 4.69) is 24.9 Å². The van der Waals surface area contributed by atoms with Crippen LogP contribution in [0.25, 0.3) is 0 Å². The van der Waals surface area contributed by atoms with Gasteiger partial charge in [-0.25, -0.2) is 0 Å². The molecule has 0 fully saturated rings. The highest BCUT2D eigenvalue weighted by Crippen LogP contribution is 1.83. The molecule has 0 bridgehead atoms. The van der Waals surface area contributed by atoms with Crippen LogP contribution in [0.1, 0.15) is 6.92 Å². The lowest BCUT2D eigenvalue weighted by Crippen LogP contribution is -2.16. The molecule has 54 valence electrons. The maximum absolute atomic E-state index is 5.42. The first-order valence-corrected chi connectivity index (χ1v) is 3.74. The van der Waals surface area contributed by atoms with Crippen LogP contribution in [0.2, 0.25) is 0 Å². The summed E-state index contributed by atoms with van der Waals surface area (Å²) >= 11 is 5.42. The van der Waals surface area contributed by atoms with E-state index in [4.69, 9.17) is 11.6 Å². The zero-order valence-electron chi connectivity index (χ0n) is 6.10. The van der Waals surface area contributed by atoms with Crippen molar-refractivity contribution in [2.24, 2.45) is 0 Å². The van der Waals surface area contributed by atoms with E-state index in [1.807, 2.05) is 6.08 Å². The highest BCUT2D eigenvalue weighted by Gasteiger charge is 1.85. The van der Waals surface area contributed by atoms with Gasteiger partial charge in [0.05, 0.1) is 0 Å². The van der Waals surface area contributed by atoms with Crippen molar-refractivity contribution in [3.63, 3.8) is 0 Å². The third-order valence-corrected chi connectivity index (χ3v) is 1.39. The highest BCUT2D eigenvalue weighted by atomic mass is 35.5. The number of likely N-dealkylation sites (N-methyl/N-ethyl adjacent to an activating group) is 1. The SMILES string of the molecule is CCN(C)CC=CCCl. The molecule has 0 heterocycles. The number of halogens is 1. The second-order valence-corrected chi connectivity index (χ2v) is 2.29. The summed E-state index contributed by atoms with van der Waals surface area (Å²) in [5, 5.41) is 0. The number of allylic oxidation sites excluding steroid dienone is 1. The van der Waals surface area contributed by atoms with Crippen molar-refractivity contribution in [3.05, 3.63) is 12.2 Å². The lowest BCUT2D eigenvalue weighted by Gasteiger charge is -2.08. The smallest absolute Gasteiger partial charge is 0.0404 e. The molecule has 0 aromatic carbocycles. The molecule has 2 heteroatoms. The van der Waals surface area contributed by atoms with Crippen molar-refractivity contribution in [3.8, 4) is 0 Å². The molecule has 0 radical (unpaired) electrons. The van der Waals surface area contributed by atoms with E-state index in [9.17, 15) is 0 Å². The van der Waals surface area contributed by atoms with Gasteiger partial charge in [-0.1, -0.05) is 19.1 Å². The Hall–Kier alpha value is -0.0100. The maximum Gasteiger partial charge on any atom is 0.0404 e.